The van der Waals surface area contributed by atoms with Crippen LogP contribution in [0.3, 0.4) is 0 Å². The van der Waals surface area contributed by atoms with Gasteiger partial charge in [-0.3, -0.25) is 0 Å². The molecule has 1 unspecified atom stereocenters. The van der Waals surface area contributed by atoms with E-state index in [-0.39, 0.29) is 4.32 Å². The van der Waals surface area contributed by atoms with Gasteiger partial charge in [0.05, 0.1) is 10.4 Å². The molecule has 0 saturated heterocycles. The molecule has 0 radical (unpaired) electrons. The van der Waals surface area contributed by atoms with Gasteiger partial charge in [0.15, 0.2) is 0 Å². The molecule has 78 valence electrons. The highest BCUT2D eigenvalue weighted by Crippen LogP contribution is 2.33. The van der Waals surface area contributed by atoms with E-state index in [2.05, 4.69) is 15.9 Å². The highest BCUT2D eigenvalue weighted by atomic mass is 79.9. The van der Waals surface area contributed by atoms with Crippen LogP contribution in [0.4, 0.5) is 0 Å². The van der Waals surface area contributed by atoms with Gasteiger partial charge in [0, 0.05) is 4.90 Å². The van der Waals surface area contributed by atoms with Crippen molar-refractivity contribution in [3.8, 4) is 0 Å². The van der Waals surface area contributed by atoms with Gasteiger partial charge in [-0.15, -0.1) is 11.8 Å². The SMILES string of the molecule is CSc1ccc(C(O)C(C)(C)Br)cc1. The molecule has 1 atom stereocenters. The second-order valence-electron chi connectivity index (χ2n) is 3.74. The lowest BCUT2D eigenvalue weighted by atomic mass is 9.99. The fourth-order valence-electron chi connectivity index (χ4n) is 1.18. The standard InChI is InChI=1S/C11H15BrOS/c1-11(2,12)10(13)8-4-6-9(14-3)7-5-8/h4-7,10,13H,1-3H3. The Hall–Kier alpha value is 0.01000. The lowest BCUT2D eigenvalue weighted by Gasteiger charge is -2.24. The second kappa shape index (κ2) is 4.69. The topological polar surface area (TPSA) is 20.2 Å². The van der Waals surface area contributed by atoms with Crippen LogP contribution in [0.5, 0.6) is 0 Å². The normalized spacial score (nSPS) is 14.1. The molecule has 0 heterocycles. The highest BCUT2D eigenvalue weighted by Gasteiger charge is 2.25. The van der Waals surface area contributed by atoms with E-state index >= 15 is 0 Å². The molecule has 1 aromatic carbocycles. The number of aliphatic hydroxyl groups is 1. The van der Waals surface area contributed by atoms with Gasteiger partial charge in [-0.05, 0) is 37.8 Å². The monoisotopic (exact) mass is 274 g/mol. The van der Waals surface area contributed by atoms with Crippen molar-refractivity contribution >= 4 is 27.7 Å². The molecular weight excluding hydrogens is 260 g/mol. The molecule has 1 nitrogen and oxygen atoms in total. The summed E-state index contributed by atoms with van der Waals surface area (Å²) in [6, 6.07) is 8.00. The van der Waals surface area contributed by atoms with Gasteiger partial charge in [-0.1, -0.05) is 28.1 Å². The summed E-state index contributed by atoms with van der Waals surface area (Å²) in [7, 11) is 0. The molecule has 1 aromatic rings. The van der Waals surface area contributed by atoms with Crippen molar-refractivity contribution < 1.29 is 5.11 Å². The van der Waals surface area contributed by atoms with Crippen molar-refractivity contribution in [2.75, 3.05) is 6.26 Å². The van der Waals surface area contributed by atoms with E-state index in [0.717, 1.165) is 5.56 Å². The van der Waals surface area contributed by atoms with Gasteiger partial charge in [-0.2, -0.15) is 0 Å². The lowest BCUT2D eigenvalue weighted by Crippen LogP contribution is -2.21. The summed E-state index contributed by atoms with van der Waals surface area (Å²) in [5.41, 5.74) is 0.949. The minimum Gasteiger partial charge on any atom is -0.387 e. The highest BCUT2D eigenvalue weighted by molar-refractivity contribution is 9.10. The molecule has 0 saturated carbocycles. The van der Waals surface area contributed by atoms with E-state index in [9.17, 15) is 5.11 Å². The molecule has 0 bridgehead atoms. The summed E-state index contributed by atoms with van der Waals surface area (Å²) in [5.74, 6) is 0. The van der Waals surface area contributed by atoms with Gasteiger partial charge in [0.25, 0.3) is 0 Å². The number of thioether (sulfide) groups is 1. The smallest absolute Gasteiger partial charge is 0.0937 e. The number of aliphatic hydroxyl groups excluding tert-OH is 1. The zero-order chi connectivity index (χ0) is 10.8. The average molecular weight is 275 g/mol. The van der Waals surface area contributed by atoms with E-state index in [1.54, 1.807) is 11.8 Å². The predicted molar refractivity (Wildman–Crippen MR) is 66.2 cm³/mol. The Morgan fingerprint density at radius 2 is 1.79 bits per heavy atom. The number of alkyl halides is 1. The van der Waals surface area contributed by atoms with Crippen molar-refractivity contribution in [1.29, 1.82) is 0 Å². The zero-order valence-corrected chi connectivity index (χ0v) is 11.0. The van der Waals surface area contributed by atoms with Crippen LogP contribution >= 0.6 is 27.7 Å². The Labute approximate surface area is 98.0 Å². The van der Waals surface area contributed by atoms with Crippen molar-refractivity contribution in [3.63, 3.8) is 0 Å². The Bertz CT molecular complexity index is 289. The third kappa shape index (κ3) is 3.01. The van der Waals surface area contributed by atoms with Crippen molar-refractivity contribution in [2.45, 2.75) is 29.2 Å². The Kier molecular flexibility index (Phi) is 4.04. The second-order valence-corrected chi connectivity index (χ2v) is 6.66. The fraction of sp³-hybridized carbons (Fsp3) is 0.455. The molecule has 0 aromatic heterocycles. The maximum atomic E-state index is 9.97. The summed E-state index contributed by atoms with van der Waals surface area (Å²) >= 11 is 5.16. The number of halogens is 1. The van der Waals surface area contributed by atoms with E-state index in [1.807, 2.05) is 44.4 Å². The summed E-state index contributed by atoms with van der Waals surface area (Å²) in [6.45, 7) is 3.92. The van der Waals surface area contributed by atoms with Crippen LogP contribution in [0.25, 0.3) is 0 Å². The average Bonchev–Trinajstić information content (AvgIpc) is 2.15. The maximum absolute atomic E-state index is 9.97. The molecule has 0 aliphatic heterocycles. The van der Waals surface area contributed by atoms with Gasteiger partial charge < -0.3 is 5.11 Å². The minimum absolute atomic E-state index is 0.284. The maximum Gasteiger partial charge on any atom is 0.0937 e. The van der Waals surface area contributed by atoms with Crippen LogP contribution in [0.15, 0.2) is 29.2 Å². The fourth-order valence-corrected chi connectivity index (χ4v) is 1.86. The lowest BCUT2D eigenvalue weighted by molar-refractivity contribution is 0.147. The van der Waals surface area contributed by atoms with E-state index < -0.39 is 6.10 Å². The Morgan fingerprint density at radius 1 is 1.29 bits per heavy atom. The quantitative estimate of drug-likeness (QED) is 0.671. The number of hydrogen-bond acceptors (Lipinski definition) is 2. The van der Waals surface area contributed by atoms with Crippen molar-refractivity contribution in [2.24, 2.45) is 0 Å². The van der Waals surface area contributed by atoms with Gasteiger partial charge in [0.2, 0.25) is 0 Å². The van der Waals surface area contributed by atoms with Crippen LogP contribution in [0.1, 0.15) is 25.5 Å². The minimum atomic E-state index is -0.474. The van der Waals surface area contributed by atoms with Crippen molar-refractivity contribution in [1.82, 2.24) is 0 Å². The van der Waals surface area contributed by atoms with Crippen LogP contribution in [-0.4, -0.2) is 15.7 Å². The number of benzene rings is 1. The van der Waals surface area contributed by atoms with E-state index in [0.29, 0.717) is 0 Å². The molecule has 0 aliphatic rings. The molecular formula is C11H15BrOS. The molecule has 0 aliphatic carbocycles. The zero-order valence-electron chi connectivity index (χ0n) is 8.62. The number of hydrogen-bond donors (Lipinski definition) is 1. The largest absolute Gasteiger partial charge is 0.387 e. The van der Waals surface area contributed by atoms with Gasteiger partial charge in [-0.25, -0.2) is 0 Å². The van der Waals surface area contributed by atoms with Crippen LogP contribution in [-0.2, 0) is 0 Å². The third-order valence-corrected chi connectivity index (χ3v) is 3.26. The van der Waals surface area contributed by atoms with E-state index in [4.69, 9.17) is 0 Å². The predicted octanol–water partition coefficient (Wildman–Crippen LogP) is 3.62. The summed E-state index contributed by atoms with van der Waals surface area (Å²) in [4.78, 5) is 1.22. The molecule has 14 heavy (non-hydrogen) atoms. The first-order chi connectivity index (χ1) is 6.45. The summed E-state index contributed by atoms with van der Waals surface area (Å²) < 4.78 is -0.284. The molecule has 0 amide bonds. The Balaban J connectivity index is 2.87. The first-order valence-electron chi connectivity index (χ1n) is 4.46. The summed E-state index contributed by atoms with van der Waals surface area (Å²) in [6.07, 6.45) is 1.57. The van der Waals surface area contributed by atoms with Crippen LogP contribution < -0.4 is 0 Å². The molecule has 1 N–H and O–H groups in total. The van der Waals surface area contributed by atoms with Crippen molar-refractivity contribution in [3.05, 3.63) is 29.8 Å². The van der Waals surface area contributed by atoms with Gasteiger partial charge in [0.1, 0.15) is 0 Å². The molecule has 0 fully saturated rings. The molecule has 0 spiro atoms. The van der Waals surface area contributed by atoms with Crippen LogP contribution in [0.2, 0.25) is 0 Å². The molecule has 1 rings (SSSR count). The third-order valence-electron chi connectivity index (χ3n) is 2.08. The first-order valence-corrected chi connectivity index (χ1v) is 6.48. The van der Waals surface area contributed by atoms with Crippen LogP contribution in [0, 0.1) is 0 Å². The Morgan fingerprint density at radius 3 is 2.14 bits per heavy atom. The van der Waals surface area contributed by atoms with Gasteiger partial charge >= 0.3 is 0 Å². The number of rotatable bonds is 3. The first kappa shape index (κ1) is 12.1. The molecule has 3 heteroatoms. The summed E-state index contributed by atoms with van der Waals surface area (Å²) in [5, 5.41) is 9.97. The van der Waals surface area contributed by atoms with E-state index in [1.165, 1.54) is 4.90 Å².